The van der Waals surface area contributed by atoms with E-state index >= 15 is 0 Å². The highest BCUT2D eigenvalue weighted by Crippen LogP contribution is 2.29. The SMILES string of the molecule is COc1cc(NC(=O)N(CC(=O)N(Cc2cccn2C)C2CC2)CC(C)C)cc(OC)c1. The third-order valence-corrected chi connectivity index (χ3v) is 5.49. The molecule has 1 N–H and O–H groups in total. The Labute approximate surface area is 190 Å². The van der Waals surface area contributed by atoms with Crippen LogP contribution in [0.5, 0.6) is 11.5 Å². The molecule has 0 bridgehead atoms. The summed E-state index contributed by atoms with van der Waals surface area (Å²) in [6, 6.07) is 9.12. The summed E-state index contributed by atoms with van der Waals surface area (Å²) in [5, 5.41) is 2.89. The molecule has 0 saturated heterocycles. The number of ether oxygens (including phenoxy) is 2. The van der Waals surface area contributed by atoms with Gasteiger partial charge in [-0.15, -0.1) is 0 Å². The Morgan fingerprint density at radius 3 is 2.31 bits per heavy atom. The van der Waals surface area contributed by atoms with Crippen molar-refractivity contribution in [1.29, 1.82) is 0 Å². The van der Waals surface area contributed by atoms with Gasteiger partial charge in [0, 0.05) is 55.4 Å². The summed E-state index contributed by atoms with van der Waals surface area (Å²) in [5.41, 5.74) is 1.63. The number of nitrogens with zero attached hydrogens (tertiary/aromatic N) is 3. The minimum Gasteiger partial charge on any atom is -0.497 e. The van der Waals surface area contributed by atoms with Gasteiger partial charge >= 0.3 is 6.03 Å². The maximum absolute atomic E-state index is 13.3. The predicted molar refractivity (Wildman–Crippen MR) is 124 cm³/mol. The van der Waals surface area contributed by atoms with E-state index in [0.29, 0.717) is 30.3 Å². The molecule has 174 valence electrons. The second-order valence-corrected chi connectivity index (χ2v) is 8.67. The first-order valence-corrected chi connectivity index (χ1v) is 11.0. The van der Waals surface area contributed by atoms with E-state index < -0.39 is 0 Å². The minimum atomic E-state index is -0.322. The summed E-state index contributed by atoms with van der Waals surface area (Å²) >= 11 is 0. The van der Waals surface area contributed by atoms with Gasteiger partial charge in [-0.2, -0.15) is 0 Å². The van der Waals surface area contributed by atoms with Crippen LogP contribution in [0.15, 0.2) is 36.5 Å². The second kappa shape index (κ2) is 10.4. The number of aromatic nitrogens is 1. The van der Waals surface area contributed by atoms with Crippen LogP contribution in [0.3, 0.4) is 0 Å². The summed E-state index contributed by atoms with van der Waals surface area (Å²) in [6.07, 6.45) is 4.00. The maximum Gasteiger partial charge on any atom is 0.322 e. The second-order valence-electron chi connectivity index (χ2n) is 8.67. The lowest BCUT2D eigenvalue weighted by molar-refractivity contribution is -0.133. The van der Waals surface area contributed by atoms with Gasteiger partial charge < -0.3 is 29.2 Å². The first-order valence-electron chi connectivity index (χ1n) is 11.0. The van der Waals surface area contributed by atoms with Crippen molar-refractivity contribution in [2.24, 2.45) is 13.0 Å². The zero-order valence-corrected chi connectivity index (χ0v) is 19.6. The van der Waals surface area contributed by atoms with Gasteiger partial charge in [0.15, 0.2) is 0 Å². The van der Waals surface area contributed by atoms with Gasteiger partial charge in [-0.05, 0) is 30.9 Å². The van der Waals surface area contributed by atoms with Crippen LogP contribution in [0, 0.1) is 5.92 Å². The van der Waals surface area contributed by atoms with Crippen LogP contribution in [0.4, 0.5) is 10.5 Å². The van der Waals surface area contributed by atoms with Gasteiger partial charge in [0.2, 0.25) is 5.91 Å². The Morgan fingerprint density at radius 1 is 1.16 bits per heavy atom. The minimum absolute atomic E-state index is 0.0338. The van der Waals surface area contributed by atoms with E-state index in [1.165, 1.54) is 0 Å². The molecule has 3 amide bonds. The lowest BCUT2D eigenvalue weighted by Gasteiger charge is -2.29. The van der Waals surface area contributed by atoms with E-state index in [0.717, 1.165) is 18.5 Å². The van der Waals surface area contributed by atoms with Gasteiger partial charge in [0.1, 0.15) is 18.0 Å². The lowest BCUT2D eigenvalue weighted by Crippen LogP contribution is -2.46. The number of methoxy groups -OCH3 is 2. The molecular formula is C24H34N4O4. The molecule has 1 aliphatic carbocycles. The molecule has 0 aliphatic heterocycles. The summed E-state index contributed by atoms with van der Waals surface area (Å²) in [6.45, 7) is 5.12. The standard InChI is InChI=1S/C24H34N4O4/c1-17(2)14-27(24(30)25-18-11-21(31-4)13-22(12-18)32-5)16-23(29)28(19-8-9-19)15-20-7-6-10-26(20)3/h6-7,10-13,17,19H,8-9,14-16H2,1-5H3,(H,25,30). The number of hydrogen-bond donors (Lipinski definition) is 1. The average Bonchev–Trinajstić information content (AvgIpc) is 3.52. The first-order chi connectivity index (χ1) is 15.3. The summed E-state index contributed by atoms with van der Waals surface area (Å²) in [4.78, 5) is 29.9. The normalized spacial score (nSPS) is 13.1. The number of aryl methyl sites for hydroxylation is 1. The molecule has 1 aliphatic rings. The highest BCUT2D eigenvalue weighted by atomic mass is 16.5. The Morgan fingerprint density at radius 2 is 1.81 bits per heavy atom. The van der Waals surface area contributed by atoms with Crippen LogP contribution in [0.1, 0.15) is 32.4 Å². The fraction of sp³-hybridized carbons (Fsp3) is 0.500. The number of hydrogen-bond acceptors (Lipinski definition) is 4. The van der Waals surface area contributed by atoms with Gasteiger partial charge in [-0.25, -0.2) is 4.79 Å². The van der Waals surface area contributed by atoms with Crippen molar-refractivity contribution in [2.45, 2.75) is 39.3 Å². The molecule has 3 rings (SSSR count). The number of carbonyl (C=O) groups is 2. The number of rotatable bonds is 10. The van der Waals surface area contributed by atoms with Crippen LogP contribution in [-0.4, -0.2) is 59.7 Å². The largest absolute Gasteiger partial charge is 0.497 e. The highest BCUT2D eigenvalue weighted by Gasteiger charge is 2.34. The van der Waals surface area contributed by atoms with Crippen LogP contribution < -0.4 is 14.8 Å². The Balaban J connectivity index is 1.73. The van der Waals surface area contributed by atoms with Gasteiger partial charge in [-0.1, -0.05) is 13.8 Å². The van der Waals surface area contributed by atoms with E-state index in [1.807, 2.05) is 48.7 Å². The van der Waals surface area contributed by atoms with Crippen molar-refractivity contribution >= 4 is 17.6 Å². The average molecular weight is 443 g/mol. The van der Waals surface area contributed by atoms with Crippen molar-refractivity contribution < 1.29 is 19.1 Å². The van der Waals surface area contributed by atoms with Crippen LogP contribution in [0.25, 0.3) is 0 Å². The number of benzene rings is 1. The van der Waals surface area contributed by atoms with E-state index in [9.17, 15) is 9.59 Å². The van der Waals surface area contributed by atoms with Crippen molar-refractivity contribution in [2.75, 3.05) is 32.6 Å². The van der Waals surface area contributed by atoms with E-state index in [4.69, 9.17) is 9.47 Å². The highest BCUT2D eigenvalue weighted by molar-refractivity contribution is 5.93. The summed E-state index contributed by atoms with van der Waals surface area (Å²) in [5.74, 6) is 1.34. The molecule has 1 aromatic carbocycles. The molecular weight excluding hydrogens is 408 g/mol. The first kappa shape index (κ1) is 23.5. The molecule has 0 spiro atoms. The zero-order chi connectivity index (χ0) is 23.3. The Bertz CT molecular complexity index is 914. The number of amides is 3. The molecule has 1 aromatic heterocycles. The molecule has 1 heterocycles. The summed E-state index contributed by atoms with van der Waals surface area (Å²) in [7, 11) is 5.10. The molecule has 0 unspecified atom stereocenters. The molecule has 2 aromatic rings. The summed E-state index contributed by atoms with van der Waals surface area (Å²) < 4.78 is 12.6. The van der Waals surface area contributed by atoms with Crippen molar-refractivity contribution in [3.8, 4) is 11.5 Å². The number of carbonyl (C=O) groups excluding carboxylic acids is 2. The van der Waals surface area contributed by atoms with Gasteiger partial charge in [0.25, 0.3) is 0 Å². The van der Waals surface area contributed by atoms with E-state index in [1.54, 1.807) is 37.3 Å². The third-order valence-electron chi connectivity index (χ3n) is 5.49. The van der Waals surface area contributed by atoms with Crippen LogP contribution in [0.2, 0.25) is 0 Å². The molecule has 1 fully saturated rings. The third kappa shape index (κ3) is 6.18. The van der Waals surface area contributed by atoms with Crippen molar-refractivity contribution in [3.63, 3.8) is 0 Å². The van der Waals surface area contributed by atoms with Crippen molar-refractivity contribution in [1.82, 2.24) is 14.4 Å². The van der Waals surface area contributed by atoms with Crippen LogP contribution >= 0.6 is 0 Å². The fourth-order valence-corrected chi connectivity index (χ4v) is 3.64. The maximum atomic E-state index is 13.3. The smallest absolute Gasteiger partial charge is 0.322 e. The number of urea groups is 1. The molecule has 0 atom stereocenters. The Kier molecular flexibility index (Phi) is 7.66. The van der Waals surface area contributed by atoms with Crippen LogP contribution in [-0.2, 0) is 18.4 Å². The van der Waals surface area contributed by atoms with Gasteiger partial charge in [-0.3, -0.25) is 4.79 Å². The predicted octanol–water partition coefficient (Wildman–Crippen LogP) is 3.72. The molecule has 8 nitrogen and oxygen atoms in total. The number of anilines is 1. The van der Waals surface area contributed by atoms with E-state index in [2.05, 4.69) is 5.32 Å². The van der Waals surface area contributed by atoms with Crippen molar-refractivity contribution in [3.05, 3.63) is 42.2 Å². The van der Waals surface area contributed by atoms with E-state index in [-0.39, 0.29) is 30.4 Å². The zero-order valence-electron chi connectivity index (χ0n) is 19.6. The monoisotopic (exact) mass is 442 g/mol. The quantitative estimate of drug-likeness (QED) is 0.608. The topological polar surface area (TPSA) is 76.0 Å². The molecule has 8 heteroatoms. The lowest BCUT2D eigenvalue weighted by atomic mass is 10.2. The molecule has 0 radical (unpaired) electrons. The number of nitrogens with one attached hydrogen (secondary N) is 1. The molecule has 1 saturated carbocycles. The fourth-order valence-electron chi connectivity index (χ4n) is 3.64. The molecule has 32 heavy (non-hydrogen) atoms. The van der Waals surface area contributed by atoms with Gasteiger partial charge in [0.05, 0.1) is 20.8 Å². The Hall–Kier alpha value is -3.16.